The molecule has 0 aliphatic heterocycles. The van der Waals surface area contributed by atoms with Gasteiger partial charge in [0, 0.05) is 17.8 Å². The number of carbonyl (C=O) groups is 1. The molecule has 152 valence electrons. The third-order valence-electron chi connectivity index (χ3n) is 3.56. The molecule has 0 fully saturated rings. The van der Waals surface area contributed by atoms with E-state index in [1.165, 1.54) is 12.1 Å². The standard InChI is InChI=1S/C18H15Cl2N3O5S/c1-11-7-17(22-28-11)21-18(24)10-27-15-9-16(14(20)8-13(15)19)29(25,26)23-12-5-3-2-4-6-12/h2-9,23H,10H2,1H3,(H,21,22,24). The molecule has 29 heavy (non-hydrogen) atoms. The van der Waals surface area contributed by atoms with Gasteiger partial charge in [-0.3, -0.25) is 9.52 Å². The van der Waals surface area contributed by atoms with Gasteiger partial charge in [-0.2, -0.15) is 0 Å². The molecule has 0 aliphatic rings. The van der Waals surface area contributed by atoms with Crippen molar-refractivity contribution >= 4 is 50.6 Å². The van der Waals surface area contributed by atoms with Crippen molar-refractivity contribution < 1.29 is 22.5 Å². The highest BCUT2D eigenvalue weighted by molar-refractivity contribution is 7.92. The van der Waals surface area contributed by atoms with Crippen molar-refractivity contribution in [3.63, 3.8) is 0 Å². The average molecular weight is 456 g/mol. The molecule has 8 nitrogen and oxygen atoms in total. The molecule has 0 saturated carbocycles. The zero-order valence-electron chi connectivity index (χ0n) is 15.0. The summed E-state index contributed by atoms with van der Waals surface area (Å²) < 4.78 is 38.0. The van der Waals surface area contributed by atoms with Crippen LogP contribution in [0.1, 0.15) is 5.76 Å². The van der Waals surface area contributed by atoms with E-state index in [-0.39, 0.29) is 26.5 Å². The Bertz CT molecular complexity index is 1130. The SMILES string of the molecule is Cc1cc(NC(=O)COc2cc(S(=O)(=O)Nc3ccccc3)c(Cl)cc2Cl)no1. The maximum atomic E-state index is 12.7. The highest BCUT2D eigenvalue weighted by atomic mass is 35.5. The van der Waals surface area contributed by atoms with Crippen molar-refractivity contribution in [2.24, 2.45) is 0 Å². The molecule has 0 radical (unpaired) electrons. The number of ether oxygens (including phenoxy) is 1. The van der Waals surface area contributed by atoms with E-state index in [1.54, 1.807) is 37.3 Å². The Morgan fingerprint density at radius 1 is 1.14 bits per heavy atom. The Hall–Kier alpha value is -2.75. The highest BCUT2D eigenvalue weighted by Crippen LogP contribution is 2.34. The zero-order valence-corrected chi connectivity index (χ0v) is 17.3. The summed E-state index contributed by atoms with van der Waals surface area (Å²) in [6.07, 6.45) is 0. The maximum Gasteiger partial charge on any atom is 0.263 e. The van der Waals surface area contributed by atoms with Gasteiger partial charge in [-0.1, -0.05) is 46.6 Å². The smallest absolute Gasteiger partial charge is 0.263 e. The second-order valence-corrected chi connectivity index (χ2v) is 8.31. The number of hydrogen-bond donors (Lipinski definition) is 2. The Kier molecular flexibility index (Phi) is 6.31. The molecule has 2 aromatic carbocycles. The molecule has 0 saturated heterocycles. The van der Waals surface area contributed by atoms with Gasteiger partial charge in [0.2, 0.25) is 0 Å². The van der Waals surface area contributed by atoms with Gasteiger partial charge in [0.1, 0.15) is 16.4 Å². The zero-order chi connectivity index (χ0) is 21.0. The van der Waals surface area contributed by atoms with E-state index < -0.39 is 22.5 Å². The summed E-state index contributed by atoms with van der Waals surface area (Å²) in [5.74, 6) is 0.212. The number of halogens is 2. The molecule has 0 aliphatic carbocycles. The largest absolute Gasteiger partial charge is 0.482 e. The number of benzene rings is 2. The number of carbonyl (C=O) groups excluding carboxylic acids is 1. The van der Waals surface area contributed by atoms with Crippen LogP contribution in [0.15, 0.2) is 57.9 Å². The fourth-order valence-corrected chi connectivity index (χ4v) is 4.17. The maximum absolute atomic E-state index is 12.7. The van der Waals surface area contributed by atoms with E-state index in [4.69, 9.17) is 32.5 Å². The normalized spacial score (nSPS) is 11.1. The summed E-state index contributed by atoms with van der Waals surface area (Å²) in [6.45, 7) is 1.25. The molecule has 2 N–H and O–H groups in total. The van der Waals surface area contributed by atoms with E-state index in [2.05, 4.69) is 15.2 Å². The second kappa shape index (κ2) is 8.73. The molecule has 11 heteroatoms. The molecule has 0 spiro atoms. The lowest BCUT2D eigenvalue weighted by Gasteiger charge is -2.13. The number of aryl methyl sites for hydroxylation is 1. The fourth-order valence-electron chi connectivity index (χ4n) is 2.29. The molecular weight excluding hydrogens is 441 g/mol. The lowest BCUT2D eigenvalue weighted by Crippen LogP contribution is -2.20. The summed E-state index contributed by atoms with van der Waals surface area (Å²) in [5.41, 5.74) is 0.364. The molecular formula is C18H15Cl2N3O5S. The van der Waals surface area contributed by atoms with Gasteiger partial charge < -0.3 is 14.6 Å². The van der Waals surface area contributed by atoms with Gasteiger partial charge >= 0.3 is 0 Å². The van der Waals surface area contributed by atoms with Crippen LogP contribution in [0.4, 0.5) is 11.5 Å². The number of nitrogens with zero attached hydrogens (tertiary/aromatic N) is 1. The van der Waals surface area contributed by atoms with Crippen LogP contribution < -0.4 is 14.8 Å². The van der Waals surface area contributed by atoms with Gasteiger partial charge in [-0.15, -0.1) is 0 Å². The lowest BCUT2D eigenvalue weighted by molar-refractivity contribution is -0.118. The quantitative estimate of drug-likeness (QED) is 0.554. The number of para-hydroxylation sites is 1. The van der Waals surface area contributed by atoms with E-state index in [0.29, 0.717) is 11.4 Å². The molecule has 1 aromatic heterocycles. The lowest BCUT2D eigenvalue weighted by atomic mass is 10.3. The van der Waals surface area contributed by atoms with Gasteiger partial charge in [0.15, 0.2) is 12.4 Å². The van der Waals surface area contributed by atoms with Crippen molar-refractivity contribution in [1.29, 1.82) is 0 Å². The van der Waals surface area contributed by atoms with E-state index >= 15 is 0 Å². The van der Waals surface area contributed by atoms with Crippen LogP contribution in [-0.2, 0) is 14.8 Å². The van der Waals surface area contributed by atoms with Crippen LogP contribution in [0.5, 0.6) is 5.75 Å². The van der Waals surface area contributed by atoms with Crippen LogP contribution in [0.25, 0.3) is 0 Å². The Morgan fingerprint density at radius 2 is 1.86 bits per heavy atom. The van der Waals surface area contributed by atoms with Crippen molar-refractivity contribution in [3.8, 4) is 5.75 Å². The number of amides is 1. The Labute approximate surface area is 176 Å². The number of rotatable bonds is 7. The minimum absolute atomic E-state index is 0.0176. The summed E-state index contributed by atoms with van der Waals surface area (Å²) in [7, 11) is -4.01. The first-order valence-corrected chi connectivity index (χ1v) is 10.4. The van der Waals surface area contributed by atoms with Gasteiger partial charge in [-0.25, -0.2) is 8.42 Å². The van der Waals surface area contributed by atoms with E-state index in [1.807, 2.05) is 0 Å². The summed E-state index contributed by atoms with van der Waals surface area (Å²) in [6, 6.07) is 12.2. The van der Waals surface area contributed by atoms with Crippen LogP contribution in [0.2, 0.25) is 10.0 Å². The third kappa shape index (κ3) is 5.41. The van der Waals surface area contributed by atoms with Crippen molar-refractivity contribution in [1.82, 2.24) is 5.16 Å². The number of sulfonamides is 1. The van der Waals surface area contributed by atoms with Crippen LogP contribution >= 0.6 is 23.2 Å². The third-order valence-corrected chi connectivity index (χ3v) is 5.70. The second-order valence-electron chi connectivity index (χ2n) is 5.84. The molecule has 0 unspecified atom stereocenters. The summed E-state index contributed by atoms with van der Waals surface area (Å²) in [5, 5.41) is 6.07. The topological polar surface area (TPSA) is 111 Å². The number of hydrogen-bond acceptors (Lipinski definition) is 6. The van der Waals surface area contributed by atoms with Crippen molar-refractivity contribution in [2.45, 2.75) is 11.8 Å². The predicted octanol–water partition coefficient (Wildman–Crippen LogP) is 4.11. The highest BCUT2D eigenvalue weighted by Gasteiger charge is 2.21. The van der Waals surface area contributed by atoms with Gasteiger partial charge in [-0.05, 0) is 25.1 Å². The van der Waals surface area contributed by atoms with Crippen LogP contribution in [0, 0.1) is 6.92 Å². The minimum Gasteiger partial charge on any atom is -0.482 e. The van der Waals surface area contributed by atoms with Gasteiger partial charge in [0.25, 0.3) is 15.9 Å². The van der Waals surface area contributed by atoms with Crippen LogP contribution in [-0.4, -0.2) is 26.1 Å². The first-order valence-electron chi connectivity index (χ1n) is 8.17. The molecule has 1 amide bonds. The number of aromatic nitrogens is 1. The Morgan fingerprint density at radius 3 is 2.52 bits per heavy atom. The summed E-state index contributed by atoms with van der Waals surface area (Å²) in [4.78, 5) is 11.7. The van der Waals surface area contributed by atoms with Crippen molar-refractivity contribution in [3.05, 3.63) is 64.3 Å². The molecule has 3 rings (SSSR count). The fraction of sp³-hybridized carbons (Fsp3) is 0.111. The molecule has 3 aromatic rings. The van der Waals surface area contributed by atoms with Gasteiger partial charge in [0.05, 0.1) is 10.0 Å². The van der Waals surface area contributed by atoms with E-state index in [0.717, 1.165) is 6.07 Å². The molecule has 1 heterocycles. The molecule has 0 bridgehead atoms. The minimum atomic E-state index is -4.01. The van der Waals surface area contributed by atoms with Crippen LogP contribution in [0.3, 0.4) is 0 Å². The summed E-state index contributed by atoms with van der Waals surface area (Å²) >= 11 is 12.1. The molecule has 0 atom stereocenters. The van der Waals surface area contributed by atoms with Crippen molar-refractivity contribution in [2.75, 3.05) is 16.6 Å². The van der Waals surface area contributed by atoms with E-state index in [9.17, 15) is 13.2 Å². The number of anilines is 2. The first kappa shape index (κ1) is 21.0. The first-order chi connectivity index (χ1) is 13.7. The number of nitrogens with one attached hydrogen (secondary N) is 2. The monoisotopic (exact) mass is 455 g/mol. The average Bonchev–Trinajstić information content (AvgIpc) is 3.06. The Balaban J connectivity index is 1.75. The predicted molar refractivity (Wildman–Crippen MR) is 109 cm³/mol.